The third-order valence-electron chi connectivity index (χ3n) is 5.80. The fourth-order valence-corrected chi connectivity index (χ4v) is 3.82. The summed E-state index contributed by atoms with van der Waals surface area (Å²) in [6, 6.07) is 13.7. The largest absolute Gasteiger partial charge is 0.345 e. The van der Waals surface area contributed by atoms with Gasteiger partial charge in [-0.25, -0.2) is 15.0 Å². The van der Waals surface area contributed by atoms with E-state index in [1.807, 2.05) is 42.6 Å². The van der Waals surface area contributed by atoms with E-state index in [-0.39, 0.29) is 5.91 Å². The molecule has 0 spiro atoms. The van der Waals surface area contributed by atoms with Crippen molar-refractivity contribution in [1.82, 2.24) is 19.9 Å². The molecule has 0 radical (unpaired) electrons. The number of nitrogens with one attached hydrogen (secondary N) is 1. The monoisotopic (exact) mass is 411 g/mol. The topological polar surface area (TPSA) is 71.0 Å². The first-order valence-electron chi connectivity index (χ1n) is 10.6. The fraction of sp³-hybridized carbons (Fsp3) is 0.280. The van der Waals surface area contributed by atoms with E-state index in [9.17, 15) is 4.79 Å². The second-order valence-electron chi connectivity index (χ2n) is 8.53. The van der Waals surface area contributed by atoms with Gasteiger partial charge in [0.05, 0.1) is 5.52 Å². The zero-order chi connectivity index (χ0) is 21.5. The Balaban J connectivity index is 1.70. The summed E-state index contributed by atoms with van der Waals surface area (Å²) in [6.45, 7) is 2.06. The minimum Gasteiger partial charge on any atom is -0.345 e. The lowest BCUT2D eigenvalue weighted by Crippen LogP contribution is -2.21. The Morgan fingerprint density at radius 1 is 1.10 bits per heavy atom. The smallest absolute Gasteiger partial charge is 0.253 e. The zero-order valence-corrected chi connectivity index (χ0v) is 18.0. The first-order valence-corrected chi connectivity index (χ1v) is 10.6. The minimum absolute atomic E-state index is 0.0479. The van der Waals surface area contributed by atoms with Crippen LogP contribution in [0.4, 0.5) is 11.5 Å². The molecule has 2 aromatic carbocycles. The molecule has 0 atom stereocenters. The summed E-state index contributed by atoms with van der Waals surface area (Å²) in [5.41, 5.74) is 4.28. The van der Waals surface area contributed by atoms with Crippen molar-refractivity contribution in [2.45, 2.75) is 26.2 Å². The number of aromatic nitrogens is 3. The van der Waals surface area contributed by atoms with Gasteiger partial charge in [0, 0.05) is 48.7 Å². The maximum absolute atomic E-state index is 12.5. The normalized spacial score (nSPS) is 13.5. The average molecular weight is 412 g/mol. The van der Waals surface area contributed by atoms with E-state index in [2.05, 4.69) is 23.3 Å². The highest BCUT2D eigenvalue weighted by Gasteiger charge is 2.23. The van der Waals surface area contributed by atoms with E-state index < -0.39 is 0 Å². The molecule has 1 fully saturated rings. The number of hydrogen-bond donors (Lipinski definition) is 1. The van der Waals surface area contributed by atoms with Crippen LogP contribution in [-0.4, -0.2) is 39.9 Å². The summed E-state index contributed by atoms with van der Waals surface area (Å²) < 4.78 is 0. The molecule has 6 nitrogen and oxygen atoms in total. The van der Waals surface area contributed by atoms with E-state index in [4.69, 9.17) is 9.97 Å². The van der Waals surface area contributed by atoms with Gasteiger partial charge in [-0.05, 0) is 49.4 Å². The number of carbonyl (C=O) groups is 1. The van der Waals surface area contributed by atoms with Crippen molar-refractivity contribution >= 4 is 39.2 Å². The highest BCUT2D eigenvalue weighted by atomic mass is 16.2. The molecule has 1 saturated carbocycles. The van der Waals surface area contributed by atoms with Gasteiger partial charge in [-0.2, -0.15) is 0 Å². The Hall–Kier alpha value is -3.54. The number of benzene rings is 2. The zero-order valence-electron chi connectivity index (χ0n) is 18.0. The van der Waals surface area contributed by atoms with Crippen LogP contribution in [0.1, 0.15) is 34.6 Å². The molecule has 31 heavy (non-hydrogen) atoms. The van der Waals surface area contributed by atoms with Gasteiger partial charge in [0.1, 0.15) is 11.3 Å². The second kappa shape index (κ2) is 7.61. The number of para-hydroxylation sites is 1. The van der Waals surface area contributed by atoms with Crippen molar-refractivity contribution in [3.63, 3.8) is 0 Å². The number of fused-ring (bicyclic) bond motifs is 3. The number of amides is 1. The van der Waals surface area contributed by atoms with E-state index in [0.29, 0.717) is 17.3 Å². The lowest BCUT2D eigenvalue weighted by atomic mass is 10.1. The van der Waals surface area contributed by atoms with Crippen molar-refractivity contribution < 1.29 is 4.79 Å². The first-order chi connectivity index (χ1) is 15.0. The van der Waals surface area contributed by atoms with E-state index >= 15 is 0 Å². The Morgan fingerprint density at radius 3 is 2.65 bits per heavy atom. The summed E-state index contributed by atoms with van der Waals surface area (Å²) >= 11 is 0. The summed E-state index contributed by atoms with van der Waals surface area (Å²) in [5.74, 6) is 2.21. The van der Waals surface area contributed by atoms with Crippen molar-refractivity contribution in [1.29, 1.82) is 0 Å². The van der Waals surface area contributed by atoms with Gasteiger partial charge in [0.15, 0.2) is 5.82 Å². The number of aryl methyl sites for hydroxylation is 1. The van der Waals surface area contributed by atoms with Crippen LogP contribution in [0.3, 0.4) is 0 Å². The maximum Gasteiger partial charge on any atom is 0.253 e. The third kappa shape index (κ3) is 3.81. The van der Waals surface area contributed by atoms with Crippen LogP contribution in [0.2, 0.25) is 0 Å². The lowest BCUT2D eigenvalue weighted by Gasteiger charge is -2.15. The van der Waals surface area contributed by atoms with Crippen LogP contribution in [0.5, 0.6) is 0 Å². The highest BCUT2D eigenvalue weighted by molar-refractivity contribution is 6.10. The fourth-order valence-electron chi connectivity index (χ4n) is 3.82. The van der Waals surface area contributed by atoms with Gasteiger partial charge in [-0.3, -0.25) is 4.79 Å². The molecule has 0 aliphatic heterocycles. The number of carbonyl (C=O) groups excluding carboxylic acids is 1. The van der Waals surface area contributed by atoms with Gasteiger partial charge in [0.25, 0.3) is 5.91 Å². The Morgan fingerprint density at radius 2 is 1.90 bits per heavy atom. The van der Waals surface area contributed by atoms with Crippen LogP contribution in [0.15, 0.2) is 48.7 Å². The highest BCUT2D eigenvalue weighted by Crippen LogP contribution is 2.34. The van der Waals surface area contributed by atoms with Gasteiger partial charge < -0.3 is 10.2 Å². The van der Waals surface area contributed by atoms with Crippen molar-refractivity contribution in [3.8, 4) is 0 Å². The van der Waals surface area contributed by atoms with Crippen LogP contribution < -0.4 is 5.32 Å². The summed E-state index contributed by atoms with van der Waals surface area (Å²) in [5, 5.41) is 5.36. The molecule has 2 aromatic heterocycles. The van der Waals surface area contributed by atoms with Crippen LogP contribution in [0, 0.1) is 12.8 Å². The number of hydrogen-bond acceptors (Lipinski definition) is 5. The molecule has 0 bridgehead atoms. The number of rotatable bonds is 5. The molecular weight excluding hydrogens is 386 g/mol. The van der Waals surface area contributed by atoms with Gasteiger partial charge >= 0.3 is 0 Å². The van der Waals surface area contributed by atoms with E-state index in [1.165, 1.54) is 12.8 Å². The van der Waals surface area contributed by atoms with Gasteiger partial charge in [-0.15, -0.1) is 0 Å². The summed E-state index contributed by atoms with van der Waals surface area (Å²) in [6.07, 6.45) is 5.33. The van der Waals surface area contributed by atoms with E-state index in [1.54, 1.807) is 19.0 Å². The van der Waals surface area contributed by atoms with Crippen molar-refractivity contribution in [2.75, 3.05) is 19.4 Å². The molecule has 1 aliphatic rings. The van der Waals surface area contributed by atoms with Crippen molar-refractivity contribution in [2.24, 2.45) is 5.92 Å². The molecule has 0 unspecified atom stereocenters. The molecule has 5 rings (SSSR count). The third-order valence-corrected chi connectivity index (χ3v) is 5.80. The van der Waals surface area contributed by atoms with Crippen LogP contribution in [-0.2, 0) is 6.42 Å². The van der Waals surface area contributed by atoms with Crippen LogP contribution in [0.25, 0.3) is 21.8 Å². The van der Waals surface area contributed by atoms with Gasteiger partial charge in [-0.1, -0.05) is 24.3 Å². The quantitative estimate of drug-likeness (QED) is 0.474. The molecule has 6 heteroatoms. The predicted molar refractivity (Wildman–Crippen MR) is 124 cm³/mol. The predicted octanol–water partition coefficient (Wildman–Crippen LogP) is 4.88. The molecule has 2 heterocycles. The van der Waals surface area contributed by atoms with Crippen molar-refractivity contribution in [3.05, 3.63) is 65.6 Å². The number of nitrogens with zero attached hydrogens (tertiary/aromatic N) is 4. The average Bonchev–Trinajstić information content (AvgIpc) is 3.58. The molecule has 156 valence electrons. The van der Waals surface area contributed by atoms with Crippen LogP contribution >= 0.6 is 0 Å². The molecular formula is C25H25N5O. The minimum atomic E-state index is -0.0479. The molecule has 1 amide bonds. The number of pyridine rings is 1. The Kier molecular flexibility index (Phi) is 4.77. The molecule has 4 aromatic rings. The van der Waals surface area contributed by atoms with Gasteiger partial charge in [0.2, 0.25) is 0 Å². The Bertz CT molecular complexity index is 1310. The van der Waals surface area contributed by atoms with E-state index in [0.717, 1.165) is 45.3 Å². The lowest BCUT2D eigenvalue weighted by molar-refractivity contribution is 0.0827. The second-order valence-corrected chi connectivity index (χ2v) is 8.53. The molecule has 1 aliphatic carbocycles. The maximum atomic E-state index is 12.5. The summed E-state index contributed by atoms with van der Waals surface area (Å²) in [4.78, 5) is 28.5. The molecule has 0 saturated heterocycles. The first kappa shape index (κ1) is 19.4. The summed E-state index contributed by atoms with van der Waals surface area (Å²) in [7, 11) is 3.50. The SMILES string of the molecule is Cc1ccccc1Nc1nc2cc(C(=O)N(C)C)ccc2c2cnc(CC3CC3)nc12. The molecule has 1 N–H and O–H groups in total. The number of anilines is 2. The standard InChI is InChI=1S/C25H25N5O/c1-15-6-4-5-7-20(15)27-24-23-19(14-26-22(29-23)12-16-8-9-16)18-11-10-17(13-21(18)28-24)25(31)30(2)3/h4-7,10-11,13-14,16H,8-9,12H2,1-3H3,(H,27,28). The Labute approximate surface area is 181 Å².